The molecule has 0 aliphatic rings. The molecule has 0 fully saturated rings. The van der Waals surface area contributed by atoms with E-state index in [0.29, 0.717) is 5.69 Å². The van der Waals surface area contributed by atoms with Crippen LogP contribution in [0.15, 0.2) is 72.9 Å². The molecular formula is C23H21N3O2. The summed E-state index contributed by atoms with van der Waals surface area (Å²) >= 11 is 0. The van der Waals surface area contributed by atoms with Crippen molar-refractivity contribution in [1.82, 2.24) is 9.78 Å². The third-order valence-corrected chi connectivity index (χ3v) is 4.56. The van der Waals surface area contributed by atoms with Crippen molar-refractivity contribution < 1.29 is 9.53 Å². The van der Waals surface area contributed by atoms with Gasteiger partial charge >= 0.3 is 0 Å². The van der Waals surface area contributed by atoms with E-state index in [1.54, 1.807) is 16.9 Å². The molecule has 1 aromatic heterocycles. The maximum absolute atomic E-state index is 12.5. The zero-order chi connectivity index (χ0) is 19.5. The summed E-state index contributed by atoms with van der Waals surface area (Å²) in [5.74, 6) is 0.559. The SMILES string of the molecule is Cc1ccc(OCn2ccc(C(=O)Nc3ccc4ccccc4c3)n2)c(C)c1. The number of ether oxygens (including phenoxy) is 1. The van der Waals surface area contributed by atoms with Crippen LogP contribution >= 0.6 is 0 Å². The number of nitrogens with zero attached hydrogens (tertiary/aromatic N) is 2. The number of fused-ring (bicyclic) bond motifs is 1. The lowest BCUT2D eigenvalue weighted by Crippen LogP contribution is -2.14. The summed E-state index contributed by atoms with van der Waals surface area (Å²) in [7, 11) is 0. The maximum atomic E-state index is 12.5. The van der Waals surface area contributed by atoms with Crippen LogP contribution in [0.2, 0.25) is 0 Å². The highest BCUT2D eigenvalue weighted by atomic mass is 16.5. The van der Waals surface area contributed by atoms with Gasteiger partial charge in [-0.1, -0.05) is 48.0 Å². The summed E-state index contributed by atoms with van der Waals surface area (Å²) in [5.41, 5.74) is 3.35. The summed E-state index contributed by atoms with van der Waals surface area (Å²) in [6, 6.07) is 21.6. The van der Waals surface area contributed by atoms with Crippen molar-refractivity contribution in [2.75, 3.05) is 5.32 Å². The van der Waals surface area contributed by atoms with Crippen molar-refractivity contribution in [1.29, 1.82) is 0 Å². The third-order valence-electron chi connectivity index (χ3n) is 4.56. The van der Waals surface area contributed by atoms with Crippen LogP contribution < -0.4 is 10.1 Å². The molecular weight excluding hydrogens is 350 g/mol. The number of benzene rings is 3. The van der Waals surface area contributed by atoms with Crippen LogP contribution in [-0.2, 0) is 6.73 Å². The standard InChI is InChI=1S/C23H21N3O2/c1-16-7-10-22(17(2)13-16)28-15-26-12-11-21(25-26)23(27)24-20-9-8-18-5-3-4-6-19(18)14-20/h3-14H,15H2,1-2H3,(H,24,27). The van der Waals surface area contributed by atoms with Crippen molar-refractivity contribution in [3.63, 3.8) is 0 Å². The van der Waals surface area contributed by atoms with Crippen LogP contribution in [0.1, 0.15) is 21.6 Å². The lowest BCUT2D eigenvalue weighted by Gasteiger charge is -2.09. The molecule has 0 spiro atoms. The normalized spacial score (nSPS) is 10.8. The van der Waals surface area contributed by atoms with E-state index in [2.05, 4.69) is 16.5 Å². The van der Waals surface area contributed by atoms with E-state index in [1.165, 1.54) is 5.56 Å². The first-order valence-corrected chi connectivity index (χ1v) is 9.12. The zero-order valence-corrected chi connectivity index (χ0v) is 15.8. The Morgan fingerprint density at radius 1 is 1.00 bits per heavy atom. The Morgan fingerprint density at radius 2 is 1.82 bits per heavy atom. The smallest absolute Gasteiger partial charge is 0.276 e. The van der Waals surface area contributed by atoms with Crippen molar-refractivity contribution in [2.24, 2.45) is 0 Å². The molecule has 0 aliphatic carbocycles. The molecule has 4 aromatic rings. The second-order valence-corrected chi connectivity index (χ2v) is 6.80. The largest absolute Gasteiger partial charge is 0.471 e. The Hall–Kier alpha value is -3.60. The van der Waals surface area contributed by atoms with Gasteiger partial charge in [-0.2, -0.15) is 5.10 Å². The molecule has 4 rings (SSSR count). The molecule has 0 radical (unpaired) electrons. The lowest BCUT2D eigenvalue weighted by atomic mass is 10.1. The minimum absolute atomic E-state index is 0.243. The van der Waals surface area contributed by atoms with Gasteiger partial charge in [0.15, 0.2) is 12.4 Å². The molecule has 1 N–H and O–H groups in total. The summed E-state index contributed by atoms with van der Waals surface area (Å²) < 4.78 is 7.41. The van der Waals surface area contributed by atoms with Gasteiger partial charge in [0.25, 0.3) is 5.91 Å². The minimum Gasteiger partial charge on any atom is -0.471 e. The Morgan fingerprint density at radius 3 is 2.64 bits per heavy atom. The molecule has 1 heterocycles. The number of hydrogen-bond acceptors (Lipinski definition) is 3. The molecule has 0 unspecified atom stereocenters. The molecule has 5 heteroatoms. The summed E-state index contributed by atoms with van der Waals surface area (Å²) in [4.78, 5) is 12.5. The average molecular weight is 371 g/mol. The number of amides is 1. The number of hydrogen-bond donors (Lipinski definition) is 1. The van der Waals surface area contributed by atoms with E-state index in [9.17, 15) is 4.79 Å². The lowest BCUT2D eigenvalue weighted by molar-refractivity contribution is 0.102. The van der Waals surface area contributed by atoms with Crippen molar-refractivity contribution in [3.05, 3.63) is 89.7 Å². The topological polar surface area (TPSA) is 56.1 Å². The molecule has 0 bridgehead atoms. The maximum Gasteiger partial charge on any atom is 0.276 e. The zero-order valence-electron chi connectivity index (χ0n) is 15.8. The molecule has 1 amide bonds. The van der Waals surface area contributed by atoms with E-state index in [0.717, 1.165) is 27.8 Å². The number of anilines is 1. The second kappa shape index (κ2) is 7.56. The number of carbonyl (C=O) groups excluding carboxylic acids is 1. The number of rotatable bonds is 5. The molecule has 5 nitrogen and oxygen atoms in total. The molecule has 140 valence electrons. The van der Waals surface area contributed by atoms with Crippen molar-refractivity contribution >= 4 is 22.4 Å². The number of carbonyl (C=O) groups is 1. The van der Waals surface area contributed by atoms with E-state index < -0.39 is 0 Å². The average Bonchev–Trinajstić information content (AvgIpc) is 3.16. The summed E-state index contributed by atoms with van der Waals surface area (Å²) in [6.07, 6.45) is 1.73. The van der Waals surface area contributed by atoms with E-state index >= 15 is 0 Å². The molecule has 28 heavy (non-hydrogen) atoms. The number of nitrogens with one attached hydrogen (secondary N) is 1. The highest BCUT2D eigenvalue weighted by molar-refractivity contribution is 6.03. The van der Waals surface area contributed by atoms with E-state index in [1.807, 2.05) is 68.4 Å². The molecule has 0 aliphatic heterocycles. The Labute approximate surface area is 163 Å². The highest BCUT2D eigenvalue weighted by Crippen LogP contribution is 2.20. The van der Waals surface area contributed by atoms with Crippen LogP contribution in [-0.4, -0.2) is 15.7 Å². The van der Waals surface area contributed by atoms with Crippen LogP contribution in [0.25, 0.3) is 10.8 Å². The fourth-order valence-electron chi connectivity index (χ4n) is 3.11. The van der Waals surface area contributed by atoms with E-state index in [-0.39, 0.29) is 12.6 Å². The van der Waals surface area contributed by atoms with Gasteiger partial charge in [-0.15, -0.1) is 0 Å². The number of aryl methyl sites for hydroxylation is 2. The molecule has 3 aromatic carbocycles. The van der Waals surface area contributed by atoms with Gasteiger partial charge in [0, 0.05) is 11.9 Å². The summed E-state index contributed by atoms with van der Waals surface area (Å²) in [5, 5.41) is 9.42. The Balaban J connectivity index is 1.42. The van der Waals surface area contributed by atoms with Crippen LogP contribution in [0.4, 0.5) is 5.69 Å². The van der Waals surface area contributed by atoms with Gasteiger partial charge in [0.05, 0.1) is 0 Å². The molecule has 0 atom stereocenters. The number of aromatic nitrogens is 2. The monoisotopic (exact) mass is 371 g/mol. The summed E-state index contributed by atoms with van der Waals surface area (Å²) in [6.45, 7) is 4.30. The Kier molecular flexibility index (Phi) is 4.81. The van der Waals surface area contributed by atoms with Gasteiger partial charge in [-0.3, -0.25) is 4.79 Å². The third kappa shape index (κ3) is 3.88. The fraction of sp³-hybridized carbons (Fsp3) is 0.130. The van der Waals surface area contributed by atoms with E-state index in [4.69, 9.17) is 4.74 Å². The van der Waals surface area contributed by atoms with Crippen LogP contribution in [0.3, 0.4) is 0 Å². The first-order chi connectivity index (χ1) is 13.6. The Bertz CT molecular complexity index is 1150. The fourth-order valence-corrected chi connectivity index (χ4v) is 3.11. The van der Waals surface area contributed by atoms with Gasteiger partial charge < -0.3 is 10.1 Å². The van der Waals surface area contributed by atoms with Gasteiger partial charge in [0.1, 0.15) is 5.75 Å². The predicted molar refractivity (Wildman–Crippen MR) is 111 cm³/mol. The van der Waals surface area contributed by atoms with Gasteiger partial charge in [-0.25, -0.2) is 4.68 Å². The molecule has 0 saturated heterocycles. The predicted octanol–water partition coefficient (Wildman–Crippen LogP) is 4.94. The van der Waals surface area contributed by atoms with Crippen molar-refractivity contribution in [2.45, 2.75) is 20.6 Å². The van der Waals surface area contributed by atoms with Crippen LogP contribution in [0, 0.1) is 13.8 Å². The minimum atomic E-state index is -0.249. The van der Waals surface area contributed by atoms with Gasteiger partial charge in [0.2, 0.25) is 0 Å². The van der Waals surface area contributed by atoms with Crippen molar-refractivity contribution in [3.8, 4) is 5.75 Å². The molecule has 0 saturated carbocycles. The first kappa shape index (κ1) is 17.8. The first-order valence-electron chi connectivity index (χ1n) is 9.12. The highest BCUT2D eigenvalue weighted by Gasteiger charge is 2.11. The second-order valence-electron chi connectivity index (χ2n) is 6.80. The quantitative estimate of drug-likeness (QED) is 0.540. The van der Waals surface area contributed by atoms with Crippen LogP contribution in [0.5, 0.6) is 5.75 Å². The van der Waals surface area contributed by atoms with Gasteiger partial charge in [-0.05, 0) is 54.4 Å².